The number of nitrogens with zero attached hydrogens (tertiary/aromatic N) is 1. The third-order valence-electron chi connectivity index (χ3n) is 2.04. The van der Waals surface area contributed by atoms with E-state index in [2.05, 4.69) is 4.85 Å². The third kappa shape index (κ3) is 2.57. The smallest absolute Gasteiger partial charge is 0.190 e. The van der Waals surface area contributed by atoms with E-state index in [1.165, 1.54) is 0 Å². The van der Waals surface area contributed by atoms with E-state index in [1.54, 1.807) is 6.07 Å². The van der Waals surface area contributed by atoms with Crippen LogP contribution >= 0.6 is 0 Å². The summed E-state index contributed by atoms with van der Waals surface area (Å²) in [6.07, 6.45) is 0.976. The summed E-state index contributed by atoms with van der Waals surface area (Å²) in [5, 5.41) is 9.43. The molecule has 0 heterocycles. The average Bonchev–Trinajstić information content (AvgIpc) is 2.18. The molecule has 0 aromatic heterocycles. The third-order valence-corrected chi connectivity index (χ3v) is 2.04. The fourth-order valence-corrected chi connectivity index (χ4v) is 1.19. The second-order valence-electron chi connectivity index (χ2n) is 3.01. The normalized spacial score (nSPS) is 12.1. The van der Waals surface area contributed by atoms with Crippen LogP contribution in [0.3, 0.4) is 0 Å². The Kier molecular flexibility index (Phi) is 3.48. The summed E-state index contributed by atoms with van der Waals surface area (Å²) in [5.41, 5.74) is 1.59. The lowest BCUT2D eigenvalue weighted by Crippen LogP contribution is -2.08. The van der Waals surface area contributed by atoms with Gasteiger partial charge in [0.1, 0.15) is 0 Å². The van der Waals surface area contributed by atoms with Crippen LogP contribution in [0.2, 0.25) is 0 Å². The van der Waals surface area contributed by atoms with Gasteiger partial charge in [-0.15, -0.1) is 0 Å². The molecular weight excluding hydrogens is 162 g/mol. The maximum absolute atomic E-state index is 9.43. The molecule has 1 atom stereocenters. The lowest BCUT2D eigenvalue weighted by atomic mass is 10.0. The van der Waals surface area contributed by atoms with Gasteiger partial charge in [-0.1, -0.05) is 31.2 Å². The molecule has 1 aromatic rings. The van der Waals surface area contributed by atoms with Gasteiger partial charge >= 0.3 is 0 Å². The summed E-state index contributed by atoms with van der Waals surface area (Å²) in [4.78, 5) is 3.40. The van der Waals surface area contributed by atoms with Crippen molar-refractivity contribution in [2.45, 2.75) is 25.9 Å². The van der Waals surface area contributed by atoms with E-state index in [0.29, 0.717) is 12.1 Å². The Labute approximate surface area is 78.7 Å². The van der Waals surface area contributed by atoms with E-state index in [1.807, 2.05) is 25.1 Å². The average molecular weight is 175 g/mol. The molecule has 0 saturated carbocycles. The summed E-state index contributed by atoms with van der Waals surface area (Å²) < 4.78 is 0. The van der Waals surface area contributed by atoms with Crippen molar-refractivity contribution >= 4 is 5.69 Å². The highest BCUT2D eigenvalue weighted by Crippen LogP contribution is 2.20. The summed E-state index contributed by atoms with van der Waals surface area (Å²) >= 11 is 0. The Morgan fingerprint density at radius 3 is 2.77 bits per heavy atom. The van der Waals surface area contributed by atoms with Crippen molar-refractivity contribution in [3.05, 3.63) is 41.2 Å². The van der Waals surface area contributed by atoms with E-state index < -0.39 is 0 Å². The van der Waals surface area contributed by atoms with Gasteiger partial charge in [-0.3, -0.25) is 0 Å². The minimum Gasteiger partial charge on any atom is -0.393 e. The Hall–Kier alpha value is -1.33. The molecule has 13 heavy (non-hydrogen) atoms. The molecule has 0 fully saturated rings. The molecule has 2 heteroatoms. The fourth-order valence-electron chi connectivity index (χ4n) is 1.19. The van der Waals surface area contributed by atoms with Crippen molar-refractivity contribution in [1.29, 1.82) is 0 Å². The number of rotatable bonds is 3. The number of hydrogen-bond acceptors (Lipinski definition) is 1. The number of benzene rings is 1. The molecule has 0 aliphatic heterocycles. The van der Waals surface area contributed by atoms with Gasteiger partial charge in [0.05, 0.1) is 12.7 Å². The van der Waals surface area contributed by atoms with Crippen LogP contribution < -0.4 is 0 Å². The van der Waals surface area contributed by atoms with Crippen molar-refractivity contribution < 1.29 is 5.11 Å². The molecule has 1 aromatic carbocycles. The molecule has 1 unspecified atom stereocenters. The van der Waals surface area contributed by atoms with Gasteiger partial charge < -0.3 is 5.11 Å². The van der Waals surface area contributed by atoms with Gasteiger partial charge in [-0.05, 0) is 18.4 Å². The van der Waals surface area contributed by atoms with Crippen LogP contribution in [-0.4, -0.2) is 11.2 Å². The molecule has 0 saturated heterocycles. The topological polar surface area (TPSA) is 24.6 Å². The maximum Gasteiger partial charge on any atom is 0.190 e. The zero-order chi connectivity index (χ0) is 9.68. The van der Waals surface area contributed by atoms with E-state index in [9.17, 15) is 5.11 Å². The van der Waals surface area contributed by atoms with Crippen molar-refractivity contribution in [1.82, 2.24) is 0 Å². The molecule has 0 aliphatic carbocycles. The molecule has 0 spiro atoms. The predicted octanol–water partition coefficient (Wildman–Crippen LogP) is 2.55. The summed E-state index contributed by atoms with van der Waals surface area (Å²) in [5.74, 6) is 0. The lowest BCUT2D eigenvalue weighted by Gasteiger charge is -2.08. The van der Waals surface area contributed by atoms with E-state index in [4.69, 9.17) is 6.57 Å². The minimum absolute atomic E-state index is 0.331. The van der Waals surface area contributed by atoms with Crippen LogP contribution in [-0.2, 0) is 6.42 Å². The molecule has 0 aliphatic rings. The maximum atomic E-state index is 9.43. The molecular formula is C11H13NO. The first-order valence-corrected chi connectivity index (χ1v) is 4.41. The Bertz CT molecular complexity index is 314. The first-order chi connectivity index (χ1) is 6.27. The second kappa shape index (κ2) is 4.64. The number of hydrogen-bond donors (Lipinski definition) is 1. The van der Waals surface area contributed by atoms with Crippen molar-refractivity contribution in [3.63, 3.8) is 0 Å². The Morgan fingerprint density at radius 1 is 1.46 bits per heavy atom. The van der Waals surface area contributed by atoms with E-state index in [0.717, 1.165) is 12.0 Å². The highest BCUT2D eigenvalue weighted by molar-refractivity contribution is 5.52. The number of aliphatic hydroxyl groups excluding tert-OH is 1. The van der Waals surface area contributed by atoms with Crippen LogP contribution in [0.15, 0.2) is 24.3 Å². The predicted molar refractivity (Wildman–Crippen MR) is 52.7 cm³/mol. The molecule has 1 rings (SSSR count). The quantitative estimate of drug-likeness (QED) is 0.701. The van der Waals surface area contributed by atoms with Crippen LogP contribution in [0.1, 0.15) is 18.9 Å². The van der Waals surface area contributed by atoms with E-state index >= 15 is 0 Å². The van der Waals surface area contributed by atoms with Crippen molar-refractivity contribution in [2.75, 3.05) is 0 Å². The first kappa shape index (κ1) is 9.76. The monoisotopic (exact) mass is 175 g/mol. The van der Waals surface area contributed by atoms with Crippen LogP contribution in [0.4, 0.5) is 5.69 Å². The van der Waals surface area contributed by atoms with Gasteiger partial charge in [-0.2, -0.15) is 0 Å². The van der Waals surface area contributed by atoms with Crippen LogP contribution in [0.25, 0.3) is 4.85 Å². The van der Waals surface area contributed by atoms with Crippen LogP contribution in [0.5, 0.6) is 0 Å². The molecule has 0 bridgehead atoms. The van der Waals surface area contributed by atoms with Gasteiger partial charge in [-0.25, -0.2) is 4.85 Å². The standard InChI is InChI=1S/C11H13NO/c1-3-10(13)8-9-6-4-5-7-11(9)12-2/h4-7,10,13H,3,8H2,1H3. The van der Waals surface area contributed by atoms with Crippen molar-refractivity contribution in [3.8, 4) is 0 Å². The zero-order valence-corrected chi connectivity index (χ0v) is 7.70. The molecule has 1 N–H and O–H groups in total. The molecule has 0 radical (unpaired) electrons. The van der Waals surface area contributed by atoms with Gasteiger partial charge in [0.25, 0.3) is 0 Å². The number of para-hydroxylation sites is 1. The minimum atomic E-state index is -0.331. The fraction of sp³-hybridized carbons (Fsp3) is 0.364. The first-order valence-electron chi connectivity index (χ1n) is 4.41. The van der Waals surface area contributed by atoms with Gasteiger partial charge in [0, 0.05) is 0 Å². The SMILES string of the molecule is [C-]#[N+]c1ccccc1CC(O)CC. The molecule has 68 valence electrons. The van der Waals surface area contributed by atoms with Gasteiger partial charge in [0.15, 0.2) is 5.69 Å². The largest absolute Gasteiger partial charge is 0.393 e. The Morgan fingerprint density at radius 2 is 2.15 bits per heavy atom. The van der Waals surface area contributed by atoms with Gasteiger partial charge in [0.2, 0.25) is 0 Å². The summed E-state index contributed by atoms with van der Waals surface area (Å²) in [6, 6.07) is 7.42. The van der Waals surface area contributed by atoms with Crippen molar-refractivity contribution in [2.24, 2.45) is 0 Å². The molecule has 2 nitrogen and oxygen atoms in total. The highest BCUT2D eigenvalue weighted by atomic mass is 16.3. The Balaban J connectivity index is 2.82. The highest BCUT2D eigenvalue weighted by Gasteiger charge is 2.06. The number of aliphatic hydroxyl groups is 1. The second-order valence-corrected chi connectivity index (χ2v) is 3.01. The van der Waals surface area contributed by atoms with Crippen LogP contribution in [0, 0.1) is 6.57 Å². The lowest BCUT2D eigenvalue weighted by molar-refractivity contribution is 0.171. The van der Waals surface area contributed by atoms with E-state index in [-0.39, 0.29) is 6.10 Å². The summed E-state index contributed by atoms with van der Waals surface area (Å²) in [7, 11) is 0. The zero-order valence-electron chi connectivity index (χ0n) is 7.70. The molecule has 0 amide bonds. The summed E-state index contributed by atoms with van der Waals surface area (Å²) in [6.45, 7) is 8.86.